The Balaban J connectivity index is 2.32. The highest BCUT2D eigenvalue weighted by atomic mass is 32.2. The van der Waals surface area contributed by atoms with Crippen LogP contribution in [0.25, 0.3) is 0 Å². The highest BCUT2D eigenvalue weighted by molar-refractivity contribution is 7.98. The minimum Gasteiger partial charge on any atom is -0.322 e. The molecule has 0 aliphatic carbocycles. The van der Waals surface area contributed by atoms with E-state index in [0.29, 0.717) is 10.6 Å². The molecule has 0 saturated heterocycles. The van der Waals surface area contributed by atoms with Gasteiger partial charge in [-0.3, -0.25) is 14.9 Å². The standard InChI is InChI=1S/C16H16N2O3S/c1-10-4-5-11(2)13(8-10)17-16(19)12-6-7-15(22-3)14(9-12)18(20)21/h4-9H,1-3H3,(H,17,19). The summed E-state index contributed by atoms with van der Waals surface area (Å²) >= 11 is 1.28. The van der Waals surface area contributed by atoms with E-state index in [9.17, 15) is 14.9 Å². The third-order valence-electron chi connectivity index (χ3n) is 3.28. The van der Waals surface area contributed by atoms with Crippen molar-refractivity contribution in [3.05, 3.63) is 63.2 Å². The van der Waals surface area contributed by atoms with E-state index in [0.717, 1.165) is 11.1 Å². The predicted octanol–water partition coefficient (Wildman–Crippen LogP) is 4.19. The second-order valence-corrected chi connectivity index (χ2v) is 5.76. The fraction of sp³-hybridized carbons (Fsp3) is 0.188. The summed E-state index contributed by atoms with van der Waals surface area (Å²) in [5.74, 6) is -0.357. The average molecular weight is 316 g/mol. The van der Waals surface area contributed by atoms with Crippen LogP contribution in [0, 0.1) is 24.0 Å². The van der Waals surface area contributed by atoms with E-state index in [4.69, 9.17) is 0 Å². The van der Waals surface area contributed by atoms with Gasteiger partial charge in [-0.2, -0.15) is 0 Å². The SMILES string of the molecule is CSc1ccc(C(=O)Nc2cc(C)ccc2C)cc1[N+](=O)[O-]. The van der Waals surface area contributed by atoms with Crippen LogP contribution in [0.2, 0.25) is 0 Å². The Labute approximate surface area is 132 Å². The predicted molar refractivity (Wildman–Crippen MR) is 88.7 cm³/mol. The van der Waals surface area contributed by atoms with E-state index in [1.807, 2.05) is 32.0 Å². The lowest BCUT2D eigenvalue weighted by molar-refractivity contribution is -0.387. The summed E-state index contributed by atoms with van der Waals surface area (Å²) in [6.45, 7) is 3.83. The Morgan fingerprint density at radius 2 is 1.91 bits per heavy atom. The number of carbonyl (C=O) groups is 1. The zero-order valence-corrected chi connectivity index (χ0v) is 13.4. The molecular weight excluding hydrogens is 300 g/mol. The molecule has 0 radical (unpaired) electrons. The van der Waals surface area contributed by atoms with Crippen molar-refractivity contribution in [2.45, 2.75) is 18.7 Å². The first-order chi connectivity index (χ1) is 10.4. The largest absolute Gasteiger partial charge is 0.322 e. The number of nitrogens with one attached hydrogen (secondary N) is 1. The average Bonchev–Trinajstić information content (AvgIpc) is 2.50. The minimum atomic E-state index is -0.472. The Kier molecular flexibility index (Phi) is 4.82. The lowest BCUT2D eigenvalue weighted by atomic mass is 10.1. The molecule has 1 amide bonds. The molecule has 0 aliphatic heterocycles. The van der Waals surface area contributed by atoms with E-state index in [1.165, 1.54) is 17.8 Å². The Hall–Kier alpha value is -2.34. The van der Waals surface area contributed by atoms with Gasteiger partial charge in [-0.05, 0) is 49.4 Å². The number of benzene rings is 2. The van der Waals surface area contributed by atoms with Crippen LogP contribution in [0.4, 0.5) is 11.4 Å². The van der Waals surface area contributed by atoms with Crippen LogP contribution in [-0.2, 0) is 0 Å². The van der Waals surface area contributed by atoms with E-state index >= 15 is 0 Å². The van der Waals surface area contributed by atoms with Crippen molar-refractivity contribution >= 4 is 29.0 Å². The topological polar surface area (TPSA) is 72.2 Å². The summed E-state index contributed by atoms with van der Waals surface area (Å²) in [7, 11) is 0. The van der Waals surface area contributed by atoms with Gasteiger partial charge in [0.15, 0.2) is 0 Å². The lowest BCUT2D eigenvalue weighted by Crippen LogP contribution is -2.13. The van der Waals surface area contributed by atoms with E-state index in [1.54, 1.807) is 18.4 Å². The molecule has 0 atom stereocenters. The zero-order chi connectivity index (χ0) is 16.3. The van der Waals surface area contributed by atoms with Gasteiger partial charge in [-0.15, -0.1) is 11.8 Å². The maximum Gasteiger partial charge on any atom is 0.283 e. The molecule has 6 heteroatoms. The first-order valence-corrected chi connectivity index (χ1v) is 7.86. The van der Waals surface area contributed by atoms with Crippen molar-refractivity contribution in [3.8, 4) is 0 Å². The maximum atomic E-state index is 12.3. The zero-order valence-electron chi connectivity index (χ0n) is 12.5. The smallest absolute Gasteiger partial charge is 0.283 e. The number of rotatable bonds is 4. The first kappa shape index (κ1) is 16.0. The molecule has 1 N–H and O–H groups in total. The number of nitrogens with zero attached hydrogens (tertiary/aromatic N) is 1. The number of aryl methyl sites for hydroxylation is 2. The molecule has 2 rings (SSSR count). The normalized spacial score (nSPS) is 10.3. The summed E-state index contributed by atoms with van der Waals surface area (Å²) in [5, 5.41) is 13.9. The number of anilines is 1. The van der Waals surface area contributed by atoms with Crippen LogP contribution in [0.15, 0.2) is 41.3 Å². The molecule has 0 unspecified atom stereocenters. The molecule has 0 heterocycles. The summed E-state index contributed by atoms with van der Waals surface area (Å²) in [6.07, 6.45) is 1.76. The van der Waals surface area contributed by atoms with Crippen molar-refractivity contribution in [3.63, 3.8) is 0 Å². The van der Waals surface area contributed by atoms with Crippen LogP contribution >= 0.6 is 11.8 Å². The van der Waals surface area contributed by atoms with Crippen molar-refractivity contribution in [1.82, 2.24) is 0 Å². The number of hydrogen-bond donors (Lipinski definition) is 1. The molecule has 0 aromatic heterocycles. The van der Waals surface area contributed by atoms with Crippen molar-refractivity contribution in [2.24, 2.45) is 0 Å². The Morgan fingerprint density at radius 1 is 1.18 bits per heavy atom. The minimum absolute atomic E-state index is 0.0545. The monoisotopic (exact) mass is 316 g/mol. The van der Waals surface area contributed by atoms with E-state index in [2.05, 4.69) is 5.32 Å². The molecule has 114 valence electrons. The number of nitro groups is 1. The van der Waals surface area contributed by atoms with Gasteiger partial charge < -0.3 is 5.32 Å². The van der Waals surface area contributed by atoms with Gasteiger partial charge in [-0.25, -0.2) is 0 Å². The molecule has 22 heavy (non-hydrogen) atoms. The molecule has 0 spiro atoms. The fourth-order valence-electron chi connectivity index (χ4n) is 2.04. The van der Waals surface area contributed by atoms with Crippen molar-refractivity contribution in [1.29, 1.82) is 0 Å². The van der Waals surface area contributed by atoms with Gasteiger partial charge in [0.05, 0.1) is 9.82 Å². The van der Waals surface area contributed by atoms with Crippen molar-refractivity contribution < 1.29 is 9.72 Å². The van der Waals surface area contributed by atoms with Crippen LogP contribution in [0.5, 0.6) is 0 Å². The van der Waals surface area contributed by atoms with Gasteiger partial charge in [0.25, 0.3) is 11.6 Å². The van der Waals surface area contributed by atoms with Crippen LogP contribution < -0.4 is 5.32 Å². The second kappa shape index (κ2) is 6.62. The van der Waals surface area contributed by atoms with E-state index in [-0.39, 0.29) is 17.2 Å². The number of thioether (sulfide) groups is 1. The van der Waals surface area contributed by atoms with Gasteiger partial charge in [0.1, 0.15) is 0 Å². The van der Waals surface area contributed by atoms with Gasteiger partial charge in [0.2, 0.25) is 0 Å². The highest BCUT2D eigenvalue weighted by Crippen LogP contribution is 2.28. The second-order valence-electron chi connectivity index (χ2n) is 4.92. The van der Waals surface area contributed by atoms with Crippen LogP contribution in [0.3, 0.4) is 0 Å². The van der Waals surface area contributed by atoms with E-state index < -0.39 is 4.92 Å². The summed E-state index contributed by atoms with van der Waals surface area (Å²) in [5.41, 5.74) is 2.90. The third-order valence-corrected chi connectivity index (χ3v) is 4.06. The first-order valence-electron chi connectivity index (χ1n) is 6.63. The summed E-state index contributed by atoms with van der Waals surface area (Å²) in [4.78, 5) is 23.4. The molecule has 0 saturated carbocycles. The molecular formula is C16H16N2O3S. The quantitative estimate of drug-likeness (QED) is 0.521. The van der Waals surface area contributed by atoms with Crippen LogP contribution in [0.1, 0.15) is 21.5 Å². The van der Waals surface area contributed by atoms with Crippen LogP contribution in [-0.4, -0.2) is 17.1 Å². The fourth-order valence-corrected chi connectivity index (χ4v) is 2.59. The van der Waals surface area contributed by atoms with Gasteiger partial charge in [0, 0.05) is 17.3 Å². The molecule has 2 aromatic carbocycles. The third kappa shape index (κ3) is 3.46. The summed E-state index contributed by atoms with van der Waals surface area (Å²) in [6, 6.07) is 10.3. The molecule has 0 aliphatic rings. The maximum absolute atomic E-state index is 12.3. The number of nitro benzene ring substituents is 1. The molecule has 2 aromatic rings. The molecule has 0 bridgehead atoms. The summed E-state index contributed by atoms with van der Waals surface area (Å²) < 4.78 is 0. The Bertz CT molecular complexity index is 744. The lowest BCUT2D eigenvalue weighted by Gasteiger charge is -2.10. The number of amides is 1. The van der Waals surface area contributed by atoms with Crippen molar-refractivity contribution in [2.75, 3.05) is 11.6 Å². The van der Waals surface area contributed by atoms with Gasteiger partial charge >= 0.3 is 0 Å². The highest BCUT2D eigenvalue weighted by Gasteiger charge is 2.17. The number of carbonyl (C=O) groups excluding carboxylic acids is 1. The molecule has 5 nitrogen and oxygen atoms in total. The Morgan fingerprint density at radius 3 is 2.55 bits per heavy atom. The molecule has 0 fully saturated rings. The number of hydrogen-bond acceptors (Lipinski definition) is 4. The van der Waals surface area contributed by atoms with Gasteiger partial charge in [-0.1, -0.05) is 12.1 Å².